The highest BCUT2D eigenvalue weighted by Gasteiger charge is 2.24. The van der Waals surface area contributed by atoms with Crippen LogP contribution in [0.2, 0.25) is 0 Å². The summed E-state index contributed by atoms with van der Waals surface area (Å²) in [7, 11) is 0. The van der Waals surface area contributed by atoms with Crippen molar-refractivity contribution in [2.24, 2.45) is 11.7 Å². The number of hydrogen-bond donors (Lipinski definition) is 2. The first kappa shape index (κ1) is 14.0. The van der Waals surface area contributed by atoms with Gasteiger partial charge in [0.25, 0.3) is 0 Å². The number of primary amides is 1. The molecular weight excluding hydrogens is 247 g/mol. The predicted octanol–water partition coefficient (Wildman–Crippen LogP) is 1.13. The van der Waals surface area contributed by atoms with Crippen LogP contribution >= 0.6 is 0 Å². The molecule has 4 nitrogen and oxygen atoms in total. The lowest BCUT2D eigenvalue weighted by molar-refractivity contribution is 0.0255. The van der Waals surface area contributed by atoms with Crippen LogP contribution in [-0.2, 0) is 6.54 Å². The number of amides is 1. The average molecular weight is 266 g/mol. The molecule has 2 unspecified atom stereocenters. The molecule has 0 aromatic heterocycles. The van der Waals surface area contributed by atoms with Gasteiger partial charge in [0, 0.05) is 24.2 Å². The van der Waals surface area contributed by atoms with Crippen LogP contribution in [0.1, 0.15) is 29.3 Å². The Bertz CT molecular complexity index is 479. The van der Waals surface area contributed by atoms with Gasteiger partial charge in [0.1, 0.15) is 5.82 Å². The van der Waals surface area contributed by atoms with E-state index in [9.17, 15) is 14.3 Å². The van der Waals surface area contributed by atoms with E-state index in [2.05, 4.69) is 0 Å². The minimum absolute atomic E-state index is 0.175. The van der Waals surface area contributed by atoms with Gasteiger partial charge in [0.2, 0.25) is 5.91 Å². The number of carbonyl (C=O) groups is 1. The van der Waals surface area contributed by atoms with Crippen molar-refractivity contribution in [3.8, 4) is 0 Å². The maximum atomic E-state index is 13.8. The van der Waals surface area contributed by atoms with Crippen LogP contribution in [0, 0.1) is 11.7 Å². The van der Waals surface area contributed by atoms with Crippen molar-refractivity contribution < 1.29 is 14.3 Å². The molecule has 1 aromatic carbocycles. The summed E-state index contributed by atoms with van der Waals surface area (Å²) < 4.78 is 13.8. The Hall–Kier alpha value is -1.46. The third kappa shape index (κ3) is 3.30. The zero-order valence-corrected chi connectivity index (χ0v) is 11.0. The molecule has 1 aliphatic heterocycles. The summed E-state index contributed by atoms with van der Waals surface area (Å²) >= 11 is 0. The van der Waals surface area contributed by atoms with E-state index >= 15 is 0 Å². The second-order valence-corrected chi connectivity index (χ2v) is 5.24. The van der Waals surface area contributed by atoms with Crippen LogP contribution in [-0.4, -0.2) is 35.1 Å². The molecule has 19 heavy (non-hydrogen) atoms. The first-order valence-electron chi connectivity index (χ1n) is 6.46. The highest BCUT2D eigenvalue weighted by Crippen LogP contribution is 2.20. The summed E-state index contributed by atoms with van der Waals surface area (Å²) in [6, 6.07) is 4.28. The minimum atomic E-state index is -0.632. The minimum Gasteiger partial charge on any atom is -0.392 e. The van der Waals surface area contributed by atoms with Crippen molar-refractivity contribution in [2.45, 2.75) is 26.0 Å². The van der Waals surface area contributed by atoms with Gasteiger partial charge in [-0.15, -0.1) is 0 Å². The maximum Gasteiger partial charge on any atom is 0.248 e. The number of hydrogen-bond acceptors (Lipinski definition) is 3. The van der Waals surface area contributed by atoms with Crippen LogP contribution in [0.5, 0.6) is 0 Å². The van der Waals surface area contributed by atoms with Crippen molar-refractivity contribution in [3.05, 3.63) is 35.1 Å². The Morgan fingerprint density at radius 3 is 2.89 bits per heavy atom. The fraction of sp³-hybridized carbons (Fsp3) is 0.500. The van der Waals surface area contributed by atoms with Gasteiger partial charge < -0.3 is 10.8 Å². The van der Waals surface area contributed by atoms with Crippen LogP contribution in [0.15, 0.2) is 18.2 Å². The monoisotopic (exact) mass is 266 g/mol. The summed E-state index contributed by atoms with van der Waals surface area (Å²) in [5, 5.41) is 9.82. The smallest absolute Gasteiger partial charge is 0.248 e. The lowest BCUT2D eigenvalue weighted by Gasteiger charge is -2.34. The molecule has 1 heterocycles. The number of halogens is 1. The largest absolute Gasteiger partial charge is 0.392 e. The number of carbonyl (C=O) groups excluding carboxylic acids is 1. The Kier molecular flexibility index (Phi) is 4.17. The molecule has 3 N–H and O–H groups in total. The third-order valence-electron chi connectivity index (χ3n) is 3.73. The standard InChI is InChI=1S/C14H19FN2O2/c1-9-4-5-17(8-13(9)18)7-11-3-2-10(14(16)19)6-12(11)15/h2-3,6,9,13,18H,4-5,7-8H2,1H3,(H2,16,19). The quantitative estimate of drug-likeness (QED) is 0.861. The molecule has 0 saturated carbocycles. The summed E-state index contributed by atoms with van der Waals surface area (Å²) in [5.41, 5.74) is 5.80. The maximum absolute atomic E-state index is 13.8. The fourth-order valence-corrected chi connectivity index (χ4v) is 2.33. The Labute approximate surface area is 112 Å². The third-order valence-corrected chi connectivity index (χ3v) is 3.73. The van der Waals surface area contributed by atoms with E-state index in [1.54, 1.807) is 6.07 Å². The highest BCUT2D eigenvalue weighted by molar-refractivity contribution is 5.92. The second-order valence-electron chi connectivity index (χ2n) is 5.24. The molecule has 104 valence electrons. The molecule has 1 aliphatic rings. The van der Waals surface area contributed by atoms with Gasteiger partial charge in [-0.2, -0.15) is 0 Å². The van der Waals surface area contributed by atoms with Crippen LogP contribution in [0.3, 0.4) is 0 Å². The van der Waals surface area contributed by atoms with Gasteiger partial charge in [-0.25, -0.2) is 4.39 Å². The summed E-state index contributed by atoms with van der Waals surface area (Å²) in [6.07, 6.45) is 0.545. The number of β-amino-alcohol motifs (C(OH)–C–C–N with tert-alkyl or cyclic N) is 1. The molecule has 1 amide bonds. The number of piperidine rings is 1. The van der Waals surface area contributed by atoms with Crippen molar-refractivity contribution >= 4 is 5.91 Å². The number of nitrogens with zero attached hydrogens (tertiary/aromatic N) is 1. The van der Waals surface area contributed by atoms with E-state index in [-0.39, 0.29) is 11.7 Å². The zero-order valence-electron chi connectivity index (χ0n) is 11.0. The lowest BCUT2D eigenvalue weighted by atomic mass is 9.95. The number of aliphatic hydroxyl groups is 1. The van der Waals surface area contributed by atoms with Crippen molar-refractivity contribution in [1.29, 1.82) is 0 Å². The SMILES string of the molecule is CC1CCN(Cc2ccc(C(N)=O)cc2F)CC1O. The number of benzene rings is 1. The van der Waals surface area contributed by atoms with E-state index in [1.807, 2.05) is 11.8 Å². The van der Waals surface area contributed by atoms with E-state index in [4.69, 9.17) is 5.73 Å². The molecule has 1 aromatic rings. The number of likely N-dealkylation sites (tertiary alicyclic amines) is 1. The van der Waals surface area contributed by atoms with Gasteiger partial charge >= 0.3 is 0 Å². The fourth-order valence-electron chi connectivity index (χ4n) is 2.33. The van der Waals surface area contributed by atoms with Crippen LogP contribution < -0.4 is 5.73 Å². The van der Waals surface area contributed by atoms with Gasteiger partial charge in [-0.05, 0) is 31.0 Å². The number of aliphatic hydroxyl groups excluding tert-OH is 1. The van der Waals surface area contributed by atoms with E-state index < -0.39 is 11.7 Å². The molecule has 0 radical (unpaired) electrons. The van der Waals surface area contributed by atoms with Crippen LogP contribution in [0.25, 0.3) is 0 Å². The lowest BCUT2D eigenvalue weighted by Crippen LogP contribution is -2.42. The van der Waals surface area contributed by atoms with Gasteiger partial charge in [0.15, 0.2) is 0 Å². The summed E-state index contributed by atoms with van der Waals surface area (Å²) in [4.78, 5) is 13.0. The zero-order chi connectivity index (χ0) is 14.0. The van der Waals surface area contributed by atoms with Crippen LogP contribution in [0.4, 0.5) is 4.39 Å². The van der Waals surface area contributed by atoms with Crippen molar-refractivity contribution in [2.75, 3.05) is 13.1 Å². The molecule has 5 heteroatoms. The Balaban J connectivity index is 2.05. The van der Waals surface area contributed by atoms with Crippen molar-refractivity contribution in [1.82, 2.24) is 4.90 Å². The summed E-state index contributed by atoms with van der Waals surface area (Å²) in [5.74, 6) is -0.768. The van der Waals surface area contributed by atoms with Gasteiger partial charge in [0.05, 0.1) is 6.10 Å². The highest BCUT2D eigenvalue weighted by atomic mass is 19.1. The molecule has 2 rings (SSSR count). The Morgan fingerprint density at radius 2 is 2.32 bits per heavy atom. The second kappa shape index (κ2) is 5.67. The molecule has 0 aliphatic carbocycles. The first-order chi connectivity index (χ1) is 8.97. The first-order valence-corrected chi connectivity index (χ1v) is 6.46. The molecule has 1 saturated heterocycles. The van der Waals surface area contributed by atoms with Crippen molar-refractivity contribution in [3.63, 3.8) is 0 Å². The van der Waals surface area contributed by atoms with Gasteiger partial charge in [-0.3, -0.25) is 9.69 Å². The molecule has 0 spiro atoms. The molecule has 0 bridgehead atoms. The van der Waals surface area contributed by atoms with E-state index in [0.717, 1.165) is 13.0 Å². The molecule has 1 fully saturated rings. The molecular formula is C14H19FN2O2. The normalized spacial score (nSPS) is 24.4. The van der Waals surface area contributed by atoms with E-state index in [1.165, 1.54) is 12.1 Å². The topological polar surface area (TPSA) is 66.6 Å². The molecule has 2 atom stereocenters. The van der Waals surface area contributed by atoms with E-state index in [0.29, 0.717) is 24.6 Å². The summed E-state index contributed by atoms with van der Waals surface area (Å²) in [6.45, 7) is 3.85. The average Bonchev–Trinajstić information content (AvgIpc) is 2.36. The Morgan fingerprint density at radius 1 is 1.58 bits per heavy atom. The van der Waals surface area contributed by atoms with Gasteiger partial charge in [-0.1, -0.05) is 13.0 Å². The predicted molar refractivity (Wildman–Crippen MR) is 70.0 cm³/mol. The number of nitrogens with two attached hydrogens (primary N) is 1. The number of rotatable bonds is 3.